The Morgan fingerprint density at radius 2 is 1.58 bits per heavy atom. The molecule has 0 fully saturated rings. The fourth-order valence-corrected chi connectivity index (χ4v) is 5.38. The summed E-state index contributed by atoms with van der Waals surface area (Å²) in [7, 11) is 0. The van der Waals surface area contributed by atoms with Gasteiger partial charge in [-0.25, -0.2) is 0 Å². The summed E-state index contributed by atoms with van der Waals surface area (Å²) >= 11 is 1.56. The van der Waals surface area contributed by atoms with Gasteiger partial charge in [0.05, 0.1) is 10.4 Å². The molecule has 0 unspecified atom stereocenters. The summed E-state index contributed by atoms with van der Waals surface area (Å²) in [4.78, 5) is 14.2. The van der Waals surface area contributed by atoms with Crippen molar-refractivity contribution >= 4 is 39.3 Å². The number of hydrogen-bond acceptors (Lipinski definition) is 5. The number of rotatable bonds is 7. The Balaban J connectivity index is 1.35. The van der Waals surface area contributed by atoms with Crippen molar-refractivity contribution < 1.29 is 4.92 Å². The van der Waals surface area contributed by atoms with E-state index < -0.39 is 0 Å². The van der Waals surface area contributed by atoms with Crippen LogP contribution in [-0.4, -0.2) is 24.7 Å². The molecule has 0 bridgehead atoms. The van der Waals surface area contributed by atoms with Crippen LogP contribution in [0.15, 0.2) is 102 Å². The second kappa shape index (κ2) is 9.31. The zero-order valence-corrected chi connectivity index (χ0v) is 20.0. The predicted octanol–water partition coefficient (Wildman–Crippen LogP) is 6.69. The van der Waals surface area contributed by atoms with Gasteiger partial charge < -0.3 is 4.98 Å². The van der Waals surface area contributed by atoms with Gasteiger partial charge in [-0.05, 0) is 29.3 Å². The molecule has 0 atom stereocenters. The maximum Gasteiger partial charge on any atom is 0.269 e. The monoisotopic (exact) mass is 491 g/mol. The van der Waals surface area contributed by atoms with Gasteiger partial charge in [0.1, 0.15) is 5.82 Å². The van der Waals surface area contributed by atoms with Gasteiger partial charge in [0.2, 0.25) is 0 Å². The number of nitrogens with zero attached hydrogens (tertiary/aromatic N) is 4. The average molecular weight is 492 g/mol. The summed E-state index contributed by atoms with van der Waals surface area (Å²) in [6, 6.07) is 31.4. The highest BCUT2D eigenvalue weighted by Gasteiger charge is 2.17. The molecule has 36 heavy (non-hydrogen) atoms. The van der Waals surface area contributed by atoms with Gasteiger partial charge in [0.25, 0.3) is 5.69 Å². The lowest BCUT2D eigenvalue weighted by molar-refractivity contribution is -0.384. The molecule has 4 aromatic carbocycles. The molecule has 0 saturated heterocycles. The van der Waals surface area contributed by atoms with E-state index in [4.69, 9.17) is 0 Å². The lowest BCUT2D eigenvalue weighted by Gasteiger charge is -2.11. The first-order valence-electron chi connectivity index (χ1n) is 11.5. The van der Waals surface area contributed by atoms with Crippen LogP contribution in [0.3, 0.4) is 0 Å². The van der Waals surface area contributed by atoms with Crippen molar-refractivity contribution in [2.45, 2.75) is 17.3 Å². The zero-order chi connectivity index (χ0) is 24.5. The van der Waals surface area contributed by atoms with Crippen LogP contribution in [0.25, 0.3) is 27.5 Å². The Morgan fingerprint density at radius 1 is 0.833 bits per heavy atom. The lowest BCUT2D eigenvalue weighted by Crippen LogP contribution is -2.04. The molecule has 1 N–H and O–H groups in total. The minimum Gasteiger partial charge on any atom is -0.354 e. The molecule has 7 nitrogen and oxygen atoms in total. The fourth-order valence-electron chi connectivity index (χ4n) is 4.46. The number of para-hydroxylation sites is 3. The van der Waals surface area contributed by atoms with Crippen LogP contribution in [0.5, 0.6) is 0 Å². The second-order valence-electron chi connectivity index (χ2n) is 8.47. The average Bonchev–Trinajstić information content (AvgIpc) is 3.50. The molecule has 6 rings (SSSR count). The largest absolute Gasteiger partial charge is 0.354 e. The molecule has 2 aromatic heterocycles. The van der Waals surface area contributed by atoms with Gasteiger partial charge in [-0.1, -0.05) is 78.5 Å². The first-order valence-corrected chi connectivity index (χ1v) is 12.5. The second-order valence-corrected chi connectivity index (χ2v) is 9.41. The number of fused-ring (bicyclic) bond motifs is 3. The Kier molecular flexibility index (Phi) is 5.71. The summed E-state index contributed by atoms with van der Waals surface area (Å²) in [5, 5.41) is 23.3. The van der Waals surface area contributed by atoms with Crippen LogP contribution in [0.1, 0.15) is 17.0 Å². The van der Waals surface area contributed by atoms with Gasteiger partial charge in [-0.15, -0.1) is 10.2 Å². The minimum absolute atomic E-state index is 0.0876. The van der Waals surface area contributed by atoms with Crippen LogP contribution >= 0.6 is 11.8 Å². The summed E-state index contributed by atoms with van der Waals surface area (Å²) < 4.78 is 2.09. The number of nitro benzene ring substituents is 1. The standard InChI is InChI=1S/C28H21N5O2S/c34-33(35)22-15-13-19(14-16-22)18-36-28-31-30-26(32(28)21-8-2-1-3-9-21)17-20-7-6-11-24-23-10-4-5-12-25(23)29-27(20)24/h1-16,29H,17-18H2. The summed E-state index contributed by atoms with van der Waals surface area (Å²) in [6.45, 7) is 0. The van der Waals surface area contributed by atoms with E-state index in [1.165, 1.54) is 22.9 Å². The molecule has 8 heteroatoms. The van der Waals surface area contributed by atoms with Gasteiger partial charge in [-0.3, -0.25) is 14.7 Å². The maximum atomic E-state index is 11.0. The molecule has 176 valence electrons. The van der Waals surface area contributed by atoms with E-state index in [9.17, 15) is 10.1 Å². The number of aromatic nitrogens is 4. The molecule has 6 aromatic rings. The topological polar surface area (TPSA) is 89.6 Å². The number of aromatic amines is 1. The maximum absolute atomic E-state index is 11.0. The first kappa shape index (κ1) is 22.1. The normalized spacial score (nSPS) is 11.3. The van der Waals surface area contributed by atoms with E-state index in [-0.39, 0.29) is 10.6 Å². The fraction of sp³-hybridized carbons (Fsp3) is 0.0714. The molecule has 0 saturated carbocycles. The highest BCUT2D eigenvalue weighted by Crippen LogP contribution is 2.31. The van der Waals surface area contributed by atoms with Gasteiger partial charge in [0, 0.05) is 46.3 Å². The zero-order valence-electron chi connectivity index (χ0n) is 19.2. The summed E-state index contributed by atoms with van der Waals surface area (Å²) in [5.74, 6) is 1.47. The molecular formula is C28H21N5O2S. The van der Waals surface area contributed by atoms with E-state index in [2.05, 4.69) is 56.1 Å². The molecule has 0 amide bonds. The Hall–Kier alpha value is -4.43. The SMILES string of the molecule is O=[N+]([O-])c1ccc(CSc2nnc(Cc3cccc4c3[nH]c3ccccc34)n2-c2ccccc2)cc1. The van der Waals surface area contributed by atoms with Crippen molar-refractivity contribution in [2.75, 3.05) is 0 Å². The van der Waals surface area contributed by atoms with Gasteiger partial charge in [-0.2, -0.15) is 0 Å². The third-order valence-electron chi connectivity index (χ3n) is 6.21. The van der Waals surface area contributed by atoms with Crippen LogP contribution in [0.4, 0.5) is 5.69 Å². The molecule has 2 heterocycles. The van der Waals surface area contributed by atoms with Crippen molar-refractivity contribution in [3.63, 3.8) is 0 Å². The Morgan fingerprint density at radius 3 is 2.39 bits per heavy atom. The van der Waals surface area contributed by atoms with Crippen LogP contribution in [0, 0.1) is 10.1 Å². The quantitative estimate of drug-likeness (QED) is 0.153. The van der Waals surface area contributed by atoms with Gasteiger partial charge >= 0.3 is 0 Å². The molecule has 0 aliphatic carbocycles. The molecule has 0 aliphatic heterocycles. The van der Waals surface area contributed by atoms with Crippen molar-refractivity contribution in [2.24, 2.45) is 0 Å². The van der Waals surface area contributed by atoms with E-state index >= 15 is 0 Å². The number of non-ortho nitro benzene ring substituents is 1. The predicted molar refractivity (Wildman–Crippen MR) is 143 cm³/mol. The summed E-state index contributed by atoms with van der Waals surface area (Å²) in [6.07, 6.45) is 0.615. The highest BCUT2D eigenvalue weighted by atomic mass is 32.2. The number of nitro groups is 1. The molecule has 0 aliphatic rings. The van der Waals surface area contributed by atoms with Gasteiger partial charge in [0.15, 0.2) is 5.16 Å². The summed E-state index contributed by atoms with van der Waals surface area (Å²) in [5.41, 5.74) is 5.44. The Bertz CT molecular complexity index is 1690. The highest BCUT2D eigenvalue weighted by molar-refractivity contribution is 7.98. The number of benzene rings is 4. The molecule has 0 spiro atoms. The van der Waals surface area contributed by atoms with E-state index in [0.717, 1.165) is 38.8 Å². The number of nitrogens with one attached hydrogen (secondary N) is 1. The van der Waals surface area contributed by atoms with E-state index in [1.54, 1.807) is 23.9 Å². The van der Waals surface area contributed by atoms with Crippen molar-refractivity contribution in [3.05, 3.63) is 124 Å². The van der Waals surface area contributed by atoms with Crippen molar-refractivity contribution in [1.29, 1.82) is 0 Å². The number of thioether (sulfide) groups is 1. The van der Waals surface area contributed by atoms with E-state index in [1.807, 2.05) is 36.4 Å². The third-order valence-corrected chi connectivity index (χ3v) is 7.21. The smallest absolute Gasteiger partial charge is 0.269 e. The minimum atomic E-state index is -0.386. The Labute approximate surface area is 211 Å². The lowest BCUT2D eigenvalue weighted by atomic mass is 10.1. The molecular weight excluding hydrogens is 470 g/mol. The van der Waals surface area contributed by atoms with Crippen LogP contribution < -0.4 is 0 Å². The van der Waals surface area contributed by atoms with Crippen molar-refractivity contribution in [1.82, 2.24) is 19.7 Å². The first-order chi connectivity index (χ1) is 17.7. The third kappa shape index (κ3) is 4.12. The van der Waals surface area contributed by atoms with Crippen molar-refractivity contribution in [3.8, 4) is 5.69 Å². The van der Waals surface area contributed by atoms with Crippen LogP contribution in [-0.2, 0) is 12.2 Å². The number of hydrogen-bond donors (Lipinski definition) is 1. The van der Waals surface area contributed by atoms with Crippen LogP contribution in [0.2, 0.25) is 0 Å². The molecule has 0 radical (unpaired) electrons. The van der Waals surface area contributed by atoms with E-state index in [0.29, 0.717) is 12.2 Å². The number of H-pyrrole nitrogens is 1.